The maximum absolute atomic E-state index is 6.43. The molecule has 0 radical (unpaired) electrons. The molecule has 2 aliphatic rings. The fourth-order valence-electron chi connectivity index (χ4n) is 4.08. The minimum absolute atomic E-state index is 0. The smallest absolute Gasteiger partial charge is 0.257 e. The minimum atomic E-state index is -0.405. The van der Waals surface area contributed by atoms with Gasteiger partial charge in [0.2, 0.25) is 0 Å². The molecule has 7 heteroatoms. The number of nitrogens with zero attached hydrogens (tertiary/aromatic N) is 4. The lowest BCUT2D eigenvalue weighted by molar-refractivity contribution is 0.209. The maximum atomic E-state index is 6.43. The number of hydrogen-bond donors (Lipinski definition) is 1. The number of rotatable bonds is 4. The van der Waals surface area contributed by atoms with Crippen molar-refractivity contribution in [3.63, 3.8) is 0 Å². The zero-order valence-electron chi connectivity index (χ0n) is 16.2. The largest absolute Gasteiger partial charge is 0.369 e. The van der Waals surface area contributed by atoms with E-state index in [0.717, 1.165) is 57.4 Å². The zero-order valence-corrected chi connectivity index (χ0v) is 17.0. The molecular weight excluding hydrogens is 362 g/mol. The van der Waals surface area contributed by atoms with Crippen LogP contribution in [-0.2, 0) is 5.54 Å². The Balaban J connectivity index is 0.00000210. The second-order valence-electron chi connectivity index (χ2n) is 7.95. The molecule has 1 aliphatic carbocycles. The third-order valence-corrected chi connectivity index (χ3v) is 5.89. The topological polar surface area (TPSA) is 71.4 Å². The van der Waals surface area contributed by atoms with Crippen molar-refractivity contribution < 1.29 is 4.52 Å². The van der Waals surface area contributed by atoms with Gasteiger partial charge in [0, 0.05) is 43.5 Å². The first kappa shape index (κ1) is 20.1. The summed E-state index contributed by atoms with van der Waals surface area (Å²) < 4.78 is 5.49. The summed E-state index contributed by atoms with van der Waals surface area (Å²) in [5.41, 5.74) is 8.23. The van der Waals surface area contributed by atoms with Crippen LogP contribution in [0.5, 0.6) is 0 Å². The molecule has 0 bridgehead atoms. The Morgan fingerprint density at radius 3 is 2.26 bits per heavy atom. The molecule has 0 amide bonds. The second-order valence-corrected chi connectivity index (χ2v) is 7.95. The maximum Gasteiger partial charge on any atom is 0.257 e. The van der Waals surface area contributed by atoms with Crippen LogP contribution in [0.3, 0.4) is 0 Å². The number of halogens is 1. The van der Waals surface area contributed by atoms with Gasteiger partial charge in [-0.05, 0) is 51.0 Å². The third-order valence-electron chi connectivity index (χ3n) is 5.89. The molecule has 0 atom stereocenters. The van der Waals surface area contributed by atoms with E-state index in [0.29, 0.717) is 17.8 Å². The highest BCUT2D eigenvalue weighted by molar-refractivity contribution is 5.85. The lowest BCUT2D eigenvalue weighted by Gasteiger charge is -2.38. The zero-order chi connectivity index (χ0) is 18.1. The summed E-state index contributed by atoms with van der Waals surface area (Å²) in [6, 6.07) is 9.06. The fourth-order valence-corrected chi connectivity index (χ4v) is 4.08. The van der Waals surface area contributed by atoms with E-state index in [1.54, 1.807) is 0 Å². The fraction of sp³-hybridized carbons (Fsp3) is 0.600. The van der Waals surface area contributed by atoms with E-state index >= 15 is 0 Å². The van der Waals surface area contributed by atoms with Crippen LogP contribution in [0.25, 0.3) is 11.5 Å². The highest BCUT2D eigenvalue weighted by Crippen LogP contribution is 2.35. The summed E-state index contributed by atoms with van der Waals surface area (Å²) in [6.45, 7) is 8.90. The van der Waals surface area contributed by atoms with E-state index in [1.807, 2.05) is 0 Å². The van der Waals surface area contributed by atoms with Crippen molar-refractivity contribution in [3.8, 4) is 11.5 Å². The predicted octanol–water partition coefficient (Wildman–Crippen LogP) is 3.42. The molecule has 27 heavy (non-hydrogen) atoms. The highest BCUT2D eigenvalue weighted by atomic mass is 35.5. The van der Waals surface area contributed by atoms with Gasteiger partial charge in [-0.2, -0.15) is 4.98 Å². The number of nitrogens with two attached hydrogens (primary N) is 1. The van der Waals surface area contributed by atoms with Crippen LogP contribution in [-0.4, -0.2) is 47.3 Å². The Morgan fingerprint density at radius 1 is 1.04 bits per heavy atom. The standard InChI is InChI=1S/C20H29N5O.ClH/c1-15(2)24-11-13-25(14-12-24)17-7-5-16(6-8-17)18-22-19(23-26-18)20(21)9-3-4-10-20;/h5-8,15H,3-4,9-14,21H2,1-2H3;1H. The van der Waals surface area contributed by atoms with Gasteiger partial charge in [-0.25, -0.2) is 0 Å². The van der Waals surface area contributed by atoms with E-state index in [-0.39, 0.29) is 12.4 Å². The van der Waals surface area contributed by atoms with Gasteiger partial charge in [0.1, 0.15) is 0 Å². The quantitative estimate of drug-likeness (QED) is 0.860. The van der Waals surface area contributed by atoms with Crippen molar-refractivity contribution in [2.24, 2.45) is 5.73 Å². The Hall–Kier alpha value is -1.63. The van der Waals surface area contributed by atoms with Crippen LogP contribution in [0.2, 0.25) is 0 Å². The van der Waals surface area contributed by atoms with Gasteiger partial charge < -0.3 is 15.2 Å². The number of hydrogen-bond acceptors (Lipinski definition) is 6. The average Bonchev–Trinajstić information content (AvgIpc) is 3.32. The molecule has 1 saturated carbocycles. The number of anilines is 1. The average molecular weight is 392 g/mol. The van der Waals surface area contributed by atoms with Crippen LogP contribution in [0, 0.1) is 0 Å². The third kappa shape index (κ3) is 4.13. The highest BCUT2D eigenvalue weighted by Gasteiger charge is 2.36. The lowest BCUT2D eigenvalue weighted by atomic mass is 9.99. The normalized spacial score (nSPS) is 20.1. The molecule has 2 aromatic rings. The Bertz CT molecular complexity index is 731. The number of piperazine rings is 1. The first-order valence-corrected chi connectivity index (χ1v) is 9.78. The van der Waals surface area contributed by atoms with Gasteiger partial charge in [-0.1, -0.05) is 18.0 Å². The van der Waals surface area contributed by atoms with E-state index in [9.17, 15) is 0 Å². The second kappa shape index (κ2) is 8.17. The van der Waals surface area contributed by atoms with Gasteiger partial charge >= 0.3 is 0 Å². The molecule has 6 nitrogen and oxygen atoms in total. The number of benzene rings is 1. The molecule has 2 heterocycles. The molecule has 0 spiro atoms. The molecule has 2 fully saturated rings. The molecular formula is C20H30ClN5O. The van der Waals surface area contributed by atoms with Crippen molar-refractivity contribution in [1.82, 2.24) is 15.0 Å². The van der Waals surface area contributed by atoms with Gasteiger partial charge in [-0.3, -0.25) is 4.90 Å². The first-order chi connectivity index (χ1) is 12.5. The SMILES string of the molecule is CC(C)N1CCN(c2ccc(-c3nc(C4(N)CCCC4)no3)cc2)CC1.Cl. The summed E-state index contributed by atoms with van der Waals surface area (Å²) in [5, 5.41) is 4.16. The summed E-state index contributed by atoms with van der Waals surface area (Å²) in [5.74, 6) is 1.21. The van der Waals surface area contributed by atoms with E-state index in [2.05, 4.69) is 58.1 Å². The number of aromatic nitrogens is 2. The Morgan fingerprint density at radius 2 is 1.67 bits per heavy atom. The molecule has 0 unspecified atom stereocenters. The molecule has 148 valence electrons. The summed E-state index contributed by atoms with van der Waals surface area (Å²) in [4.78, 5) is 9.55. The Labute approximate surface area is 167 Å². The van der Waals surface area contributed by atoms with Crippen LogP contribution in [0.4, 0.5) is 5.69 Å². The molecule has 1 aliphatic heterocycles. The van der Waals surface area contributed by atoms with Crippen molar-refractivity contribution in [2.45, 2.75) is 51.1 Å². The van der Waals surface area contributed by atoms with Gasteiger partial charge in [0.25, 0.3) is 5.89 Å². The van der Waals surface area contributed by atoms with Gasteiger partial charge in [0.15, 0.2) is 5.82 Å². The van der Waals surface area contributed by atoms with Crippen molar-refractivity contribution >= 4 is 18.1 Å². The van der Waals surface area contributed by atoms with Crippen LogP contribution >= 0.6 is 12.4 Å². The van der Waals surface area contributed by atoms with Crippen molar-refractivity contribution in [1.29, 1.82) is 0 Å². The van der Waals surface area contributed by atoms with Crippen LogP contribution < -0.4 is 10.6 Å². The molecule has 1 saturated heterocycles. The summed E-state index contributed by atoms with van der Waals surface area (Å²) in [7, 11) is 0. The summed E-state index contributed by atoms with van der Waals surface area (Å²) in [6.07, 6.45) is 4.15. The van der Waals surface area contributed by atoms with E-state index in [4.69, 9.17) is 10.3 Å². The predicted molar refractivity (Wildman–Crippen MR) is 110 cm³/mol. The van der Waals surface area contributed by atoms with Crippen LogP contribution in [0.1, 0.15) is 45.4 Å². The molecule has 4 rings (SSSR count). The molecule has 1 aromatic heterocycles. The van der Waals surface area contributed by atoms with Crippen LogP contribution in [0.15, 0.2) is 28.8 Å². The molecule has 1 aromatic carbocycles. The lowest BCUT2D eigenvalue weighted by Crippen LogP contribution is -2.48. The first-order valence-electron chi connectivity index (χ1n) is 9.78. The minimum Gasteiger partial charge on any atom is -0.369 e. The monoisotopic (exact) mass is 391 g/mol. The summed E-state index contributed by atoms with van der Waals surface area (Å²) >= 11 is 0. The van der Waals surface area contributed by atoms with Crippen molar-refractivity contribution in [3.05, 3.63) is 30.1 Å². The molecule has 2 N–H and O–H groups in total. The van der Waals surface area contributed by atoms with E-state index in [1.165, 1.54) is 5.69 Å². The van der Waals surface area contributed by atoms with Crippen molar-refractivity contribution in [2.75, 3.05) is 31.1 Å². The van der Waals surface area contributed by atoms with Gasteiger partial charge in [-0.15, -0.1) is 12.4 Å². The van der Waals surface area contributed by atoms with Gasteiger partial charge in [0.05, 0.1) is 5.54 Å². The Kier molecular flexibility index (Phi) is 6.08. The van der Waals surface area contributed by atoms with E-state index < -0.39 is 5.54 Å².